The van der Waals surface area contributed by atoms with Crippen LogP contribution in [0.3, 0.4) is 0 Å². The lowest BCUT2D eigenvalue weighted by Gasteiger charge is -2.34. The molecule has 12 rings (SSSR count). The van der Waals surface area contributed by atoms with Gasteiger partial charge in [0.2, 0.25) is 0 Å². The molecule has 0 saturated heterocycles. The molecule has 1 aliphatic carbocycles. The fraction of sp³-hybridized carbons (Fsp3) is 0.0164. The minimum absolute atomic E-state index is 0.0861. The molecule has 63 heavy (non-hydrogen) atoms. The molecule has 10 aromatic carbocycles. The molecule has 0 saturated carbocycles. The van der Waals surface area contributed by atoms with E-state index in [1.54, 1.807) is 4.90 Å². The summed E-state index contributed by atoms with van der Waals surface area (Å²) in [6.45, 7) is 0. The summed E-state index contributed by atoms with van der Waals surface area (Å²) in [5, 5.41) is 2.26. The quantitative estimate of drug-likeness (QED) is 0.148. The monoisotopic (exact) mass is 807 g/mol. The summed E-state index contributed by atoms with van der Waals surface area (Å²) >= 11 is 0. The average molecular weight is 808 g/mol. The third-order valence-corrected chi connectivity index (χ3v) is 12.8. The number of nitrogens with zero attached hydrogens (tertiary/aromatic N) is 2. The first kappa shape index (κ1) is 31.6. The van der Waals surface area contributed by atoms with Crippen LogP contribution in [0.15, 0.2) is 255 Å². The molecule has 1 aromatic heterocycles. The SMILES string of the molecule is [2H]c1c([2H])c([2H])c(N(c2ccc(-c3ccccc3)cc2)c2ccc(-c3ccc4c(c3)c3cc(C5(c6ccccc6)c6ccccc6-c6ccccc65)ccc3n4-c3ccccc3)cc2)c([2H])c1[2H]. The van der Waals surface area contributed by atoms with Crippen molar-refractivity contribution in [3.8, 4) is 39.1 Å². The van der Waals surface area contributed by atoms with Crippen molar-refractivity contribution in [3.63, 3.8) is 0 Å². The van der Waals surface area contributed by atoms with Gasteiger partial charge in [-0.2, -0.15) is 0 Å². The molecule has 0 N–H and O–H groups in total. The van der Waals surface area contributed by atoms with E-state index in [0.29, 0.717) is 11.4 Å². The summed E-state index contributed by atoms with van der Waals surface area (Å²) in [7, 11) is 0. The van der Waals surface area contributed by atoms with Gasteiger partial charge in [0.25, 0.3) is 0 Å². The standard InChI is InChI=1S/C61H42N2/c1-5-17-43(18-6-1)44-29-35-51(36-30-44)62(49-21-9-3-10-22-49)52-37-31-45(32-38-52)46-33-39-59-55(41-46)56-42-48(34-40-60(56)63(59)50-23-11-4-12-24-50)61(47-19-7-2-8-20-47)57-27-15-13-25-53(57)54-26-14-16-28-58(54)61/h1-42H/i3D,9D,10D,21D,22D. The second-order valence-electron chi connectivity index (χ2n) is 16.1. The number of para-hydroxylation sites is 2. The maximum Gasteiger partial charge on any atom is 0.0713 e. The Morgan fingerprint density at radius 1 is 0.365 bits per heavy atom. The zero-order valence-electron chi connectivity index (χ0n) is 39.3. The first-order valence-electron chi connectivity index (χ1n) is 23.8. The van der Waals surface area contributed by atoms with Crippen LogP contribution >= 0.6 is 0 Å². The predicted molar refractivity (Wildman–Crippen MR) is 264 cm³/mol. The van der Waals surface area contributed by atoms with Gasteiger partial charge in [-0.25, -0.2) is 0 Å². The number of rotatable bonds is 8. The minimum atomic E-state index is -0.550. The van der Waals surface area contributed by atoms with Gasteiger partial charge < -0.3 is 9.47 Å². The molecule has 0 spiro atoms. The maximum atomic E-state index is 9.01. The summed E-state index contributed by atoms with van der Waals surface area (Å²) in [6.07, 6.45) is 0. The zero-order valence-corrected chi connectivity index (χ0v) is 34.3. The van der Waals surface area contributed by atoms with Crippen molar-refractivity contribution < 1.29 is 6.85 Å². The van der Waals surface area contributed by atoms with Gasteiger partial charge in [0.1, 0.15) is 0 Å². The molecule has 1 aliphatic rings. The Kier molecular flexibility index (Phi) is 7.56. The van der Waals surface area contributed by atoms with Gasteiger partial charge in [-0.1, -0.05) is 182 Å². The second kappa shape index (κ2) is 15.1. The lowest BCUT2D eigenvalue weighted by Crippen LogP contribution is -2.28. The highest BCUT2D eigenvalue weighted by Gasteiger charge is 2.46. The fourth-order valence-electron chi connectivity index (χ4n) is 10.0. The van der Waals surface area contributed by atoms with Crippen molar-refractivity contribution in [1.29, 1.82) is 0 Å². The van der Waals surface area contributed by atoms with E-state index in [4.69, 9.17) is 6.85 Å². The summed E-state index contributed by atoms with van der Waals surface area (Å²) in [6, 6.07) is 77.0. The van der Waals surface area contributed by atoms with Crippen molar-refractivity contribution in [2.75, 3.05) is 4.90 Å². The summed E-state index contributed by atoms with van der Waals surface area (Å²) in [5.41, 5.74) is 15.7. The van der Waals surface area contributed by atoms with E-state index in [2.05, 4.69) is 162 Å². The normalized spacial score (nSPS) is 13.7. The van der Waals surface area contributed by atoms with E-state index in [1.807, 2.05) is 66.7 Å². The lowest BCUT2D eigenvalue weighted by molar-refractivity contribution is 0.770. The lowest BCUT2D eigenvalue weighted by atomic mass is 9.67. The number of hydrogen-bond donors (Lipinski definition) is 0. The molecule has 2 nitrogen and oxygen atoms in total. The Morgan fingerprint density at radius 2 is 0.841 bits per heavy atom. The van der Waals surface area contributed by atoms with Crippen LogP contribution in [0.1, 0.15) is 29.1 Å². The largest absolute Gasteiger partial charge is 0.311 e. The molecule has 0 aliphatic heterocycles. The van der Waals surface area contributed by atoms with Crippen molar-refractivity contribution in [3.05, 3.63) is 277 Å². The van der Waals surface area contributed by atoms with Crippen LogP contribution in [0.4, 0.5) is 17.1 Å². The van der Waals surface area contributed by atoms with Crippen molar-refractivity contribution in [2.45, 2.75) is 5.41 Å². The molecule has 2 heteroatoms. The second-order valence-corrected chi connectivity index (χ2v) is 16.1. The van der Waals surface area contributed by atoms with Gasteiger partial charge in [0.05, 0.1) is 23.3 Å². The molecular formula is C61H42N2. The number of benzene rings is 10. The number of fused-ring (bicyclic) bond motifs is 6. The van der Waals surface area contributed by atoms with Crippen LogP contribution in [-0.4, -0.2) is 4.57 Å². The van der Waals surface area contributed by atoms with Gasteiger partial charge in [-0.3, -0.25) is 0 Å². The van der Waals surface area contributed by atoms with E-state index in [-0.39, 0.29) is 29.9 Å². The van der Waals surface area contributed by atoms with Crippen molar-refractivity contribution in [2.24, 2.45) is 0 Å². The minimum Gasteiger partial charge on any atom is -0.311 e. The maximum absolute atomic E-state index is 9.01. The third-order valence-electron chi connectivity index (χ3n) is 12.8. The Morgan fingerprint density at radius 3 is 1.46 bits per heavy atom. The van der Waals surface area contributed by atoms with E-state index in [1.165, 1.54) is 33.4 Å². The van der Waals surface area contributed by atoms with Crippen LogP contribution in [0, 0.1) is 0 Å². The van der Waals surface area contributed by atoms with Gasteiger partial charge in [-0.15, -0.1) is 0 Å². The Hall–Kier alpha value is -8.20. The molecule has 0 radical (unpaired) electrons. The number of anilines is 3. The fourth-order valence-corrected chi connectivity index (χ4v) is 10.0. The molecule has 0 fully saturated rings. The van der Waals surface area contributed by atoms with Crippen LogP contribution in [-0.2, 0) is 5.41 Å². The molecule has 296 valence electrons. The Balaban J connectivity index is 1.03. The number of aromatic nitrogens is 1. The highest BCUT2D eigenvalue weighted by molar-refractivity contribution is 6.11. The van der Waals surface area contributed by atoms with E-state index in [0.717, 1.165) is 49.7 Å². The summed E-state index contributed by atoms with van der Waals surface area (Å²) in [5.74, 6) is 0. The van der Waals surface area contributed by atoms with Crippen LogP contribution in [0.5, 0.6) is 0 Å². The molecule has 0 atom stereocenters. The van der Waals surface area contributed by atoms with Crippen LogP contribution in [0.25, 0.3) is 60.9 Å². The molecular weight excluding hydrogens is 761 g/mol. The first-order valence-corrected chi connectivity index (χ1v) is 21.3. The molecule has 0 amide bonds. The summed E-state index contributed by atoms with van der Waals surface area (Å²) in [4.78, 5) is 1.76. The molecule has 1 heterocycles. The topological polar surface area (TPSA) is 8.17 Å². The van der Waals surface area contributed by atoms with Gasteiger partial charge in [0, 0.05) is 33.5 Å². The highest BCUT2D eigenvalue weighted by atomic mass is 15.1. The molecule has 0 bridgehead atoms. The highest BCUT2D eigenvalue weighted by Crippen LogP contribution is 2.56. The summed E-state index contributed by atoms with van der Waals surface area (Å²) < 4.78 is 45.9. The molecule has 11 aromatic rings. The Labute approximate surface area is 375 Å². The van der Waals surface area contributed by atoms with E-state index < -0.39 is 11.5 Å². The van der Waals surface area contributed by atoms with E-state index in [9.17, 15) is 0 Å². The molecule has 0 unspecified atom stereocenters. The smallest absolute Gasteiger partial charge is 0.0713 e. The Bertz CT molecular complexity index is 3640. The van der Waals surface area contributed by atoms with Gasteiger partial charge in [-0.05, 0) is 128 Å². The van der Waals surface area contributed by atoms with Crippen LogP contribution < -0.4 is 4.90 Å². The third kappa shape index (κ3) is 5.95. The zero-order chi connectivity index (χ0) is 46.1. The predicted octanol–water partition coefficient (Wildman–Crippen LogP) is 16.0. The average Bonchev–Trinajstić information content (AvgIpc) is 3.90. The first-order chi connectivity index (χ1) is 33.3. The van der Waals surface area contributed by atoms with Crippen molar-refractivity contribution >= 4 is 38.9 Å². The van der Waals surface area contributed by atoms with Crippen LogP contribution in [0.2, 0.25) is 0 Å². The van der Waals surface area contributed by atoms with Gasteiger partial charge in [0.15, 0.2) is 0 Å². The number of hydrogen-bond acceptors (Lipinski definition) is 1. The van der Waals surface area contributed by atoms with Gasteiger partial charge >= 0.3 is 0 Å². The van der Waals surface area contributed by atoms with E-state index >= 15 is 0 Å². The van der Waals surface area contributed by atoms with Crippen molar-refractivity contribution in [1.82, 2.24) is 4.57 Å².